The molecule has 0 spiro atoms. The van der Waals surface area contributed by atoms with E-state index in [0.717, 1.165) is 16.5 Å². The lowest BCUT2D eigenvalue weighted by molar-refractivity contribution is 0.559. The predicted molar refractivity (Wildman–Crippen MR) is 69.1 cm³/mol. The second-order valence-corrected chi connectivity index (χ2v) is 4.26. The number of benzene rings is 1. The highest BCUT2D eigenvalue weighted by molar-refractivity contribution is 5.84. The van der Waals surface area contributed by atoms with E-state index in [9.17, 15) is 4.39 Å². The number of aromatic nitrogens is 3. The van der Waals surface area contributed by atoms with Crippen LogP contribution in [0.25, 0.3) is 33.6 Å². The number of nitrogens with zero attached hydrogens (tertiary/aromatic N) is 2. The number of fused-ring (bicyclic) bond motifs is 2. The van der Waals surface area contributed by atoms with E-state index in [0.29, 0.717) is 11.4 Å². The van der Waals surface area contributed by atoms with Crippen molar-refractivity contribution < 1.29 is 8.81 Å². The van der Waals surface area contributed by atoms with Crippen LogP contribution in [0.4, 0.5) is 4.39 Å². The summed E-state index contributed by atoms with van der Waals surface area (Å²) in [7, 11) is 0. The van der Waals surface area contributed by atoms with Crippen molar-refractivity contribution in [1.29, 1.82) is 0 Å². The number of nitrogens with one attached hydrogen (secondary N) is 1. The smallest absolute Gasteiger partial charge is 0.250 e. The van der Waals surface area contributed by atoms with Crippen molar-refractivity contribution in [3.05, 3.63) is 48.5 Å². The molecule has 1 N–H and O–H groups in total. The topological polar surface area (TPSA) is 54.7 Å². The molecule has 19 heavy (non-hydrogen) atoms. The van der Waals surface area contributed by atoms with E-state index < -0.39 is 5.95 Å². The van der Waals surface area contributed by atoms with Crippen LogP contribution in [0.15, 0.2) is 47.0 Å². The molecule has 0 aliphatic carbocycles. The van der Waals surface area contributed by atoms with Crippen molar-refractivity contribution in [2.45, 2.75) is 0 Å². The van der Waals surface area contributed by atoms with Gasteiger partial charge in [0, 0.05) is 22.7 Å². The molecular weight excluding hydrogens is 245 g/mol. The van der Waals surface area contributed by atoms with Crippen molar-refractivity contribution >= 4 is 22.1 Å². The predicted octanol–water partition coefficient (Wildman–Crippen LogP) is 3.51. The van der Waals surface area contributed by atoms with Crippen LogP contribution < -0.4 is 0 Å². The van der Waals surface area contributed by atoms with Crippen LogP contribution in [-0.2, 0) is 0 Å². The Kier molecular flexibility index (Phi) is 1.97. The lowest BCUT2D eigenvalue weighted by Crippen LogP contribution is -1.79. The average Bonchev–Trinajstić information content (AvgIpc) is 3.02. The number of halogens is 1. The number of hydrogen-bond donors (Lipinski definition) is 1. The number of pyridine rings is 1. The van der Waals surface area contributed by atoms with Gasteiger partial charge in [-0.25, -0.2) is 4.98 Å². The molecule has 0 bridgehead atoms. The first kappa shape index (κ1) is 10.3. The van der Waals surface area contributed by atoms with Gasteiger partial charge in [-0.05, 0) is 36.4 Å². The van der Waals surface area contributed by atoms with Crippen molar-refractivity contribution in [3.8, 4) is 11.5 Å². The Bertz CT molecular complexity index is 894. The minimum absolute atomic E-state index is 0.212. The van der Waals surface area contributed by atoms with Crippen molar-refractivity contribution in [3.63, 3.8) is 0 Å². The molecule has 4 rings (SSSR count). The zero-order valence-electron chi connectivity index (χ0n) is 9.72. The van der Waals surface area contributed by atoms with Gasteiger partial charge in [0.1, 0.15) is 5.52 Å². The lowest BCUT2D eigenvalue weighted by Gasteiger charge is -1.95. The van der Waals surface area contributed by atoms with Gasteiger partial charge in [-0.3, -0.25) is 0 Å². The van der Waals surface area contributed by atoms with E-state index in [1.165, 1.54) is 6.07 Å². The Morgan fingerprint density at radius 3 is 2.95 bits per heavy atom. The van der Waals surface area contributed by atoms with Gasteiger partial charge in [-0.15, -0.1) is 0 Å². The molecule has 4 aromatic rings. The molecule has 1 aromatic carbocycles. The molecule has 0 radical (unpaired) electrons. The van der Waals surface area contributed by atoms with Crippen LogP contribution in [0.5, 0.6) is 0 Å². The van der Waals surface area contributed by atoms with Gasteiger partial charge in [0.25, 0.3) is 0 Å². The highest BCUT2D eigenvalue weighted by atomic mass is 19.1. The Hall–Kier alpha value is -2.69. The first-order valence-electron chi connectivity index (χ1n) is 5.80. The zero-order chi connectivity index (χ0) is 12.8. The van der Waals surface area contributed by atoms with Crippen molar-refractivity contribution in [2.75, 3.05) is 0 Å². The maximum atomic E-state index is 13.0. The van der Waals surface area contributed by atoms with E-state index >= 15 is 0 Å². The second kappa shape index (κ2) is 3.65. The fourth-order valence-electron chi connectivity index (χ4n) is 2.10. The van der Waals surface area contributed by atoms with Crippen LogP contribution in [0, 0.1) is 5.95 Å². The third-order valence-corrected chi connectivity index (χ3v) is 3.02. The molecule has 0 saturated carbocycles. The zero-order valence-corrected chi connectivity index (χ0v) is 9.72. The number of rotatable bonds is 1. The largest absolute Gasteiger partial charge is 0.418 e. The fraction of sp³-hybridized carbons (Fsp3) is 0. The molecule has 0 amide bonds. The maximum absolute atomic E-state index is 13.0. The van der Waals surface area contributed by atoms with E-state index in [-0.39, 0.29) is 5.71 Å². The van der Waals surface area contributed by atoms with Crippen molar-refractivity contribution in [1.82, 2.24) is 15.0 Å². The normalized spacial score (nSPS) is 11.4. The van der Waals surface area contributed by atoms with E-state index in [1.807, 2.05) is 30.5 Å². The lowest BCUT2D eigenvalue weighted by atomic mass is 10.1. The first-order valence-corrected chi connectivity index (χ1v) is 5.80. The summed E-state index contributed by atoms with van der Waals surface area (Å²) in [5, 5.41) is 1.07. The number of H-pyrrole nitrogens is 1. The fourth-order valence-corrected chi connectivity index (χ4v) is 2.10. The van der Waals surface area contributed by atoms with Gasteiger partial charge in [-0.2, -0.15) is 9.37 Å². The number of oxazole rings is 1. The van der Waals surface area contributed by atoms with Crippen LogP contribution in [0.3, 0.4) is 0 Å². The molecule has 0 unspecified atom stereocenters. The second-order valence-electron chi connectivity index (χ2n) is 4.26. The van der Waals surface area contributed by atoms with E-state index in [4.69, 9.17) is 4.42 Å². The monoisotopic (exact) mass is 253 g/mol. The summed E-state index contributed by atoms with van der Waals surface area (Å²) in [6.45, 7) is 0. The quantitative estimate of drug-likeness (QED) is 0.528. The molecule has 3 heterocycles. The van der Waals surface area contributed by atoms with E-state index in [1.54, 1.807) is 6.07 Å². The number of hydrogen-bond acceptors (Lipinski definition) is 3. The molecule has 3 aromatic heterocycles. The summed E-state index contributed by atoms with van der Waals surface area (Å²) in [5.74, 6) is -0.132. The van der Waals surface area contributed by atoms with Gasteiger partial charge in [0.05, 0.1) is 0 Å². The van der Waals surface area contributed by atoms with Gasteiger partial charge in [0.15, 0.2) is 0 Å². The van der Waals surface area contributed by atoms with Crippen LogP contribution in [0.2, 0.25) is 0 Å². The SMILES string of the molecule is Fc1ccc2nc(-c3ccc4[nH]ccc4c3)oc2n1. The molecule has 4 nitrogen and oxygen atoms in total. The highest BCUT2D eigenvalue weighted by Gasteiger charge is 2.10. The van der Waals surface area contributed by atoms with Gasteiger partial charge in [0.2, 0.25) is 17.6 Å². The Labute approximate surface area is 106 Å². The van der Waals surface area contributed by atoms with Gasteiger partial charge in [-0.1, -0.05) is 0 Å². The minimum Gasteiger partial charge on any atom is -0.418 e. The van der Waals surface area contributed by atoms with Gasteiger partial charge < -0.3 is 9.40 Å². The summed E-state index contributed by atoms with van der Waals surface area (Å²) in [6.07, 6.45) is 1.87. The summed E-state index contributed by atoms with van der Waals surface area (Å²) < 4.78 is 18.5. The molecule has 0 fully saturated rings. The molecule has 0 aliphatic rings. The molecule has 92 valence electrons. The Morgan fingerprint density at radius 1 is 1.05 bits per heavy atom. The van der Waals surface area contributed by atoms with E-state index in [2.05, 4.69) is 15.0 Å². The molecule has 0 atom stereocenters. The summed E-state index contributed by atoms with van der Waals surface area (Å²) >= 11 is 0. The van der Waals surface area contributed by atoms with Gasteiger partial charge >= 0.3 is 0 Å². The van der Waals surface area contributed by atoms with Crippen molar-refractivity contribution in [2.24, 2.45) is 0 Å². The Morgan fingerprint density at radius 2 is 2.00 bits per heavy atom. The summed E-state index contributed by atoms with van der Waals surface area (Å²) in [5.41, 5.74) is 2.64. The average molecular weight is 253 g/mol. The Balaban J connectivity index is 1.92. The van der Waals surface area contributed by atoms with Crippen LogP contribution >= 0.6 is 0 Å². The third kappa shape index (κ3) is 1.59. The minimum atomic E-state index is -0.573. The standard InChI is InChI=1S/C14H8FN3O/c15-12-4-3-11-14(18-12)19-13(17-11)9-1-2-10-8(7-9)5-6-16-10/h1-7,16H. The molecule has 0 saturated heterocycles. The maximum Gasteiger partial charge on any atom is 0.250 e. The number of aromatic amines is 1. The van der Waals surface area contributed by atoms with Crippen LogP contribution in [0.1, 0.15) is 0 Å². The van der Waals surface area contributed by atoms with Crippen LogP contribution in [-0.4, -0.2) is 15.0 Å². The molecular formula is C14H8FN3O. The summed E-state index contributed by atoms with van der Waals surface area (Å²) in [6, 6.07) is 10.6. The third-order valence-electron chi connectivity index (χ3n) is 3.02. The molecule has 0 aliphatic heterocycles. The highest BCUT2D eigenvalue weighted by Crippen LogP contribution is 2.26. The first-order chi connectivity index (χ1) is 9.29. The summed E-state index contributed by atoms with van der Waals surface area (Å²) in [4.78, 5) is 11.1. The molecule has 5 heteroatoms.